The van der Waals surface area contributed by atoms with Crippen molar-refractivity contribution in [3.8, 4) is 11.5 Å². The van der Waals surface area contributed by atoms with Gasteiger partial charge < -0.3 is 19.7 Å². The van der Waals surface area contributed by atoms with E-state index < -0.39 is 6.04 Å². The quantitative estimate of drug-likeness (QED) is 0.614. The molecule has 162 valence electrons. The molecule has 2 amide bonds. The first-order valence-electron chi connectivity index (χ1n) is 9.52. The van der Waals surface area contributed by atoms with Gasteiger partial charge in [0.15, 0.2) is 6.61 Å². The zero-order chi connectivity index (χ0) is 22.3. The first-order valence-corrected chi connectivity index (χ1v) is 10.3. The molecule has 2 aromatic rings. The number of hydrogen-bond acceptors (Lipinski definition) is 4. The number of ether oxygens (including phenoxy) is 2. The summed E-state index contributed by atoms with van der Waals surface area (Å²) in [6.45, 7) is 5.32. The Bertz CT molecular complexity index is 872. The number of rotatable bonds is 9. The Morgan fingerprint density at radius 2 is 1.67 bits per heavy atom. The van der Waals surface area contributed by atoms with E-state index in [1.54, 1.807) is 56.5 Å². The minimum atomic E-state index is -0.717. The van der Waals surface area contributed by atoms with Crippen molar-refractivity contribution in [1.82, 2.24) is 10.2 Å². The second kappa shape index (κ2) is 11.1. The third kappa shape index (κ3) is 6.82. The fourth-order valence-corrected chi connectivity index (χ4v) is 3.19. The van der Waals surface area contributed by atoms with Crippen LogP contribution in [0.25, 0.3) is 0 Å². The maximum Gasteiger partial charge on any atom is 0.261 e. The van der Waals surface area contributed by atoms with Gasteiger partial charge in [0, 0.05) is 22.6 Å². The number of nitrogens with zero attached hydrogens (tertiary/aromatic N) is 1. The number of halogens is 2. The second-order valence-corrected chi connectivity index (χ2v) is 7.90. The molecule has 0 aromatic heterocycles. The van der Waals surface area contributed by atoms with Crippen LogP contribution in [0.4, 0.5) is 0 Å². The van der Waals surface area contributed by atoms with Crippen LogP contribution in [-0.4, -0.2) is 42.5 Å². The molecule has 6 nitrogen and oxygen atoms in total. The van der Waals surface area contributed by atoms with Crippen LogP contribution in [0.3, 0.4) is 0 Å². The highest BCUT2D eigenvalue weighted by Crippen LogP contribution is 2.23. The standard InChI is InChI=1S/C22H26Cl2N2O4/c1-14(2)25-22(28)15(3)26(12-16-5-6-17(23)11-20(16)24)21(27)13-30-19-9-7-18(29-4)8-10-19/h5-11,14-15H,12-13H2,1-4H3,(H,25,28). The predicted molar refractivity (Wildman–Crippen MR) is 118 cm³/mol. The summed E-state index contributed by atoms with van der Waals surface area (Å²) in [5.41, 5.74) is 0.683. The average molecular weight is 453 g/mol. The molecule has 30 heavy (non-hydrogen) atoms. The molecular weight excluding hydrogens is 427 g/mol. The van der Waals surface area contributed by atoms with Crippen LogP contribution in [0, 0.1) is 0 Å². The Labute approximate surface area is 187 Å². The molecule has 1 atom stereocenters. The maximum atomic E-state index is 13.0. The average Bonchev–Trinajstić information content (AvgIpc) is 2.71. The first kappa shape index (κ1) is 23.8. The summed E-state index contributed by atoms with van der Waals surface area (Å²) in [5.74, 6) is 0.607. The molecule has 1 unspecified atom stereocenters. The summed E-state index contributed by atoms with van der Waals surface area (Å²) in [4.78, 5) is 27.0. The van der Waals surface area contributed by atoms with Crippen molar-refractivity contribution >= 4 is 35.0 Å². The van der Waals surface area contributed by atoms with Gasteiger partial charge >= 0.3 is 0 Å². The number of benzene rings is 2. The third-order valence-corrected chi connectivity index (χ3v) is 4.96. The van der Waals surface area contributed by atoms with Crippen molar-refractivity contribution in [2.75, 3.05) is 13.7 Å². The van der Waals surface area contributed by atoms with Gasteiger partial charge in [-0.05, 0) is 62.7 Å². The van der Waals surface area contributed by atoms with Crippen molar-refractivity contribution in [2.24, 2.45) is 0 Å². The maximum absolute atomic E-state index is 13.0. The molecule has 0 radical (unpaired) electrons. The minimum absolute atomic E-state index is 0.0495. The molecule has 2 aromatic carbocycles. The predicted octanol–water partition coefficient (Wildman–Crippen LogP) is 4.32. The van der Waals surface area contributed by atoms with Gasteiger partial charge in [0.1, 0.15) is 17.5 Å². The van der Waals surface area contributed by atoms with Crippen LogP contribution in [0.2, 0.25) is 10.0 Å². The molecular formula is C22H26Cl2N2O4. The molecule has 0 fully saturated rings. The van der Waals surface area contributed by atoms with Crippen molar-refractivity contribution in [3.63, 3.8) is 0 Å². The van der Waals surface area contributed by atoms with Gasteiger partial charge in [0.05, 0.1) is 7.11 Å². The molecule has 0 aliphatic carbocycles. The molecule has 0 saturated carbocycles. The lowest BCUT2D eigenvalue weighted by molar-refractivity contribution is -0.142. The summed E-state index contributed by atoms with van der Waals surface area (Å²) in [6.07, 6.45) is 0. The Balaban J connectivity index is 2.17. The topological polar surface area (TPSA) is 67.9 Å². The molecule has 8 heteroatoms. The number of carbonyl (C=O) groups excluding carboxylic acids is 2. The van der Waals surface area contributed by atoms with E-state index in [4.69, 9.17) is 32.7 Å². The zero-order valence-corrected chi connectivity index (χ0v) is 19.0. The van der Waals surface area contributed by atoms with Crippen LogP contribution >= 0.6 is 23.2 Å². The van der Waals surface area contributed by atoms with E-state index in [1.165, 1.54) is 4.90 Å². The summed E-state index contributed by atoms with van der Waals surface area (Å²) in [7, 11) is 1.57. The monoisotopic (exact) mass is 452 g/mol. The fraction of sp³-hybridized carbons (Fsp3) is 0.364. The lowest BCUT2D eigenvalue weighted by Gasteiger charge is -2.29. The van der Waals surface area contributed by atoms with Gasteiger partial charge in [-0.1, -0.05) is 29.3 Å². The van der Waals surface area contributed by atoms with Crippen molar-refractivity contribution in [3.05, 3.63) is 58.1 Å². The zero-order valence-electron chi connectivity index (χ0n) is 17.4. The number of carbonyl (C=O) groups is 2. The molecule has 0 aliphatic rings. The first-order chi connectivity index (χ1) is 14.2. The van der Waals surface area contributed by atoms with E-state index in [9.17, 15) is 9.59 Å². The van der Waals surface area contributed by atoms with E-state index in [-0.39, 0.29) is 31.0 Å². The lowest BCUT2D eigenvalue weighted by atomic mass is 10.1. The van der Waals surface area contributed by atoms with Crippen LogP contribution < -0.4 is 14.8 Å². The Hall–Kier alpha value is -2.44. The van der Waals surface area contributed by atoms with E-state index in [1.807, 2.05) is 13.8 Å². The third-order valence-electron chi connectivity index (χ3n) is 4.38. The van der Waals surface area contributed by atoms with Crippen molar-refractivity contribution in [1.29, 1.82) is 0 Å². The van der Waals surface area contributed by atoms with Gasteiger partial charge in [-0.25, -0.2) is 0 Å². The Morgan fingerprint density at radius 1 is 1.03 bits per heavy atom. The van der Waals surface area contributed by atoms with Gasteiger partial charge in [-0.2, -0.15) is 0 Å². The number of hydrogen-bond donors (Lipinski definition) is 1. The molecule has 2 rings (SSSR count). The van der Waals surface area contributed by atoms with E-state index in [0.717, 1.165) is 0 Å². The molecule has 0 saturated heterocycles. The van der Waals surface area contributed by atoms with Gasteiger partial charge in [0.25, 0.3) is 5.91 Å². The summed E-state index contributed by atoms with van der Waals surface area (Å²) in [6, 6.07) is 11.2. The van der Waals surface area contributed by atoms with Crippen LogP contribution in [0.15, 0.2) is 42.5 Å². The van der Waals surface area contributed by atoms with E-state index in [2.05, 4.69) is 5.32 Å². The van der Waals surface area contributed by atoms with Crippen LogP contribution in [0.1, 0.15) is 26.3 Å². The van der Waals surface area contributed by atoms with Crippen molar-refractivity contribution in [2.45, 2.75) is 39.4 Å². The lowest BCUT2D eigenvalue weighted by Crippen LogP contribution is -2.50. The highest BCUT2D eigenvalue weighted by atomic mass is 35.5. The molecule has 0 aliphatic heterocycles. The fourth-order valence-electron chi connectivity index (χ4n) is 2.72. The molecule has 0 bridgehead atoms. The normalized spacial score (nSPS) is 11.7. The highest BCUT2D eigenvalue weighted by molar-refractivity contribution is 6.35. The molecule has 1 N–H and O–H groups in total. The summed E-state index contributed by atoms with van der Waals surface area (Å²) >= 11 is 12.2. The van der Waals surface area contributed by atoms with Crippen LogP contribution in [-0.2, 0) is 16.1 Å². The van der Waals surface area contributed by atoms with Gasteiger partial charge in [-0.3, -0.25) is 9.59 Å². The van der Waals surface area contributed by atoms with E-state index >= 15 is 0 Å². The Kier molecular flexibility index (Phi) is 8.81. The van der Waals surface area contributed by atoms with Crippen molar-refractivity contribution < 1.29 is 19.1 Å². The number of nitrogens with one attached hydrogen (secondary N) is 1. The highest BCUT2D eigenvalue weighted by Gasteiger charge is 2.27. The summed E-state index contributed by atoms with van der Waals surface area (Å²) in [5, 5.41) is 3.75. The van der Waals surface area contributed by atoms with Crippen LogP contribution in [0.5, 0.6) is 11.5 Å². The Morgan fingerprint density at radius 3 is 2.23 bits per heavy atom. The van der Waals surface area contributed by atoms with E-state index in [0.29, 0.717) is 27.1 Å². The SMILES string of the molecule is COc1ccc(OCC(=O)N(Cc2ccc(Cl)cc2Cl)C(C)C(=O)NC(C)C)cc1. The summed E-state index contributed by atoms with van der Waals surface area (Å²) < 4.78 is 10.7. The van der Waals surface area contributed by atoms with Gasteiger partial charge in [0.2, 0.25) is 5.91 Å². The second-order valence-electron chi connectivity index (χ2n) is 7.06. The number of amides is 2. The molecule has 0 spiro atoms. The smallest absolute Gasteiger partial charge is 0.261 e. The van der Waals surface area contributed by atoms with Gasteiger partial charge in [-0.15, -0.1) is 0 Å². The largest absolute Gasteiger partial charge is 0.497 e. The number of methoxy groups -OCH3 is 1. The molecule has 0 heterocycles. The minimum Gasteiger partial charge on any atom is -0.497 e.